The van der Waals surface area contributed by atoms with Gasteiger partial charge in [0.05, 0.1) is 25.4 Å². The third kappa shape index (κ3) is 7.69. The highest BCUT2D eigenvalue weighted by molar-refractivity contribution is 14.0. The van der Waals surface area contributed by atoms with E-state index < -0.39 is 6.10 Å². The molecule has 144 valence electrons. The predicted molar refractivity (Wildman–Crippen MR) is 118 cm³/mol. The monoisotopic (exact) mass is 511 g/mol. The fourth-order valence-electron chi connectivity index (χ4n) is 2.27. The highest BCUT2D eigenvalue weighted by Gasteiger charge is 2.09. The largest absolute Gasteiger partial charge is 0.386 e. The van der Waals surface area contributed by atoms with Gasteiger partial charge in [-0.3, -0.25) is 9.67 Å². The van der Waals surface area contributed by atoms with E-state index >= 15 is 0 Å². The van der Waals surface area contributed by atoms with Crippen LogP contribution >= 0.6 is 47.2 Å². The molecule has 2 aromatic rings. The first-order chi connectivity index (χ1) is 12.0. The van der Waals surface area contributed by atoms with Gasteiger partial charge in [0.25, 0.3) is 0 Å². The summed E-state index contributed by atoms with van der Waals surface area (Å²) < 4.78 is 1.87. The summed E-state index contributed by atoms with van der Waals surface area (Å²) in [7, 11) is 0. The molecule has 0 saturated heterocycles. The van der Waals surface area contributed by atoms with Crippen LogP contribution in [-0.4, -0.2) is 40.5 Å². The summed E-state index contributed by atoms with van der Waals surface area (Å²) in [6, 6.07) is 5.01. The summed E-state index contributed by atoms with van der Waals surface area (Å²) in [5, 5.41) is 21.9. The molecule has 1 aromatic heterocycles. The van der Waals surface area contributed by atoms with E-state index in [-0.39, 0.29) is 30.5 Å². The Bertz CT molecular complexity index is 703. The van der Waals surface area contributed by atoms with Crippen LogP contribution in [0.1, 0.15) is 24.2 Å². The first-order valence-electron chi connectivity index (χ1n) is 8.13. The number of aliphatic hydroxyl groups excluding tert-OH is 1. The molecule has 9 heteroatoms. The van der Waals surface area contributed by atoms with Gasteiger partial charge in [0.2, 0.25) is 0 Å². The number of nitrogens with one attached hydrogen (secondary N) is 2. The number of hydrogen-bond donors (Lipinski definition) is 3. The van der Waals surface area contributed by atoms with E-state index in [0.29, 0.717) is 28.1 Å². The lowest BCUT2D eigenvalue weighted by atomic mass is 10.1. The Morgan fingerprint density at radius 3 is 2.54 bits per heavy atom. The molecule has 1 unspecified atom stereocenters. The van der Waals surface area contributed by atoms with Gasteiger partial charge in [-0.05, 0) is 43.2 Å². The highest BCUT2D eigenvalue weighted by Crippen LogP contribution is 2.23. The number of halogens is 3. The Kier molecular flexibility index (Phi) is 10.3. The zero-order valence-corrected chi connectivity index (χ0v) is 18.6. The van der Waals surface area contributed by atoms with Gasteiger partial charge in [-0.2, -0.15) is 5.10 Å². The zero-order chi connectivity index (χ0) is 18.2. The molecular formula is C17H24Cl2IN5O. The van der Waals surface area contributed by atoms with Crippen LogP contribution in [0, 0.1) is 6.92 Å². The number of nitrogens with zero attached hydrogens (tertiary/aromatic N) is 3. The van der Waals surface area contributed by atoms with Crippen LogP contribution in [0.3, 0.4) is 0 Å². The van der Waals surface area contributed by atoms with Crippen molar-refractivity contribution in [3.05, 3.63) is 51.8 Å². The summed E-state index contributed by atoms with van der Waals surface area (Å²) >= 11 is 11.9. The number of guanidine groups is 1. The Labute approximate surface area is 181 Å². The minimum Gasteiger partial charge on any atom is -0.386 e. The van der Waals surface area contributed by atoms with Crippen molar-refractivity contribution in [3.8, 4) is 0 Å². The summed E-state index contributed by atoms with van der Waals surface area (Å²) in [4.78, 5) is 4.41. The molecule has 0 fully saturated rings. The van der Waals surface area contributed by atoms with Crippen molar-refractivity contribution >= 4 is 53.1 Å². The Hall–Kier alpha value is -1.03. The topological polar surface area (TPSA) is 74.5 Å². The maximum atomic E-state index is 10.3. The lowest BCUT2D eigenvalue weighted by Gasteiger charge is -2.14. The first kappa shape index (κ1) is 23.0. The Morgan fingerprint density at radius 1 is 1.27 bits per heavy atom. The van der Waals surface area contributed by atoms with Crippen molar-refractivity contribution < 1.29 is 5.11 Å². The predicted octanol–water partition coefficient (Wildman–Crippen LogP) is 3.41. The molecule has 0 aliphatic carbocycles. The zero-order valence-electron chi connectivity index (χ0n) is 14.7. The number of benzene rings is 1. The van der Waals surface area contributed by atoms with Crippen molar-refractivity contribution in [2.24, 2.45) is 4.99 Å². The van der Waals surface area contributed by atoms with Gasteiger partial charge < -0.3 is 15.7 Å². The number of aliphatic imine (C=N–C) groups is 1. The van der Waals surface area contributed by atoms with Crippen LogP contribution in [0.2, 0.25) is 10.0 Å². The third-order valence-corrected chi connectivity index (χ3v) is 3.87. The van der Waals surface area contributed by atoms with E-state index in [9.17, 15) is 5.11 Å². The molecular weight excluding hydrogens is 488 g/mol. The van der Waals surface area contributed by atoms with Gasteiger partial charge in [-0.15, -0.1) is 24.0 Å². The summed E-state index contributed by atoms with van der Waals surface area (Å²) in [6.07, 6.45) is 3.03. The van der Waals surface area contributed by atoms with Crippen molar-refractivity contribution in [2.75, 3.05) is 19.6 Å². The summed E-state index contributed by atoms with van der Waals surface area (Å²) in [5.41, 5.74) is 1.77. The highest BCUT2D eigenvalue weighted by atomic mass is 127. The number of hydrogen-bond acceptors (Lipinski definition) is 3. The Balaban J connectivity index is 0.00000338. The summed E-state index contributed by atoms with van der Waals surface area (Å²) in [5.74, 6) is 0.638. The van der Waals surface area contributed by atoms with E-state index in [1.807, 2.05) is 30.9 Å². The van der Waals surface area contributed by atoms with Gasteiger partial charge in [-0.25, -0.2) is 0 Å². The molecule has 0 amide bonds. The third-order valence-electron chi connectivity index (χ3n) is 3.43. The van der Waals surface area contributed by atoms with E-state index in [4.69, 9.17) is 23.2 Å². The molecule has 0 bridgehead atoms. The maximum absolute atomic E-state index is 10.3. The standard InChI is InChI=1S/C17H23Cl2N5O.HI/c1-3-20-17(21-4-5-24-11-12(2)9-23-24)22-10-16(25)13-6-14(18)8-15(19)7-13;/h6-9,11,16,25H,3-5,10H2,1-2H3,(H2,20,21,22);1H. The lowest BCUT2D eigenvalue weighted by Crippen LogP contribution is -2.39. The number of rotatable bonds is 7. The lowest BCUT2D eigenvalue weighted by molar-refractivity contribution is 0.187. The smallest absolute Gasteiger partial charge is 0.191 e. The number of aromatic nitrogens is 2. The van der Waals surface area contributed by atoms with E-state index in [1.54, 1.807) is 18.2 Å². The fourth-order valence-corrected chi connectivity index (χ4v) is 2.81. The first-order valence-corrected chi connectivity index (χ1v) is 8.89. The van der Waals surface area contributed by atoms with Gasteiger partial charge >= 0.3 is 0 Å². The molecule has 1 heterocycles. The number of aryl methyl sites for hydroxylation is 1. The molecule has 6 nitrogen and oxygen atoms in total. The molecule has 0 spiro atoms. The second-order valence-electron chi connectivity index (χ2n) is 5.65. The normalized spacial score (nSPS) is 12.4. The van der Waals surface area contributed by atoms with Crippen LogP contribution in [0.4, 0.5) is 0 Å². The van der Waals surface area contributed by atoms with Crippen molar-refractivity contribution in [3.63, 3.8) is 0 Å². The molecule has 0 saturated carbocycles. The molecule has 0 aliphatic rings. The fraction of sp³-hybridized carbons (Fsp3) is 0.412. The van der Waals surface area contributed by atoms with Crippen LogP contribution in [0.25, 0.3) is 0 Å². The average molecular weight is 512 g/mol. The minimum absolute atomic E-state index is 0. The van der Waals surface area contributed by atoms with E-state index in [2.05, 4.69) is 20.7 Å². The Morgan fingerprint density at radius 2 is 1.96 bits per heavy atom. The molecule has 2 rings (SSSR count). The molecule has 3 N–H and O–H groups in total. The molecule has 0 aliphatic heterocycles. The molecule has 0 radical (unpaired) electrons. The van der Waals surface area contributed by atoms with Gasteiger partial charge in [-0.1, -0.05) is 23.2 Å². The average Bonchev–Trinajstić information content (AvgIpc) is 2.96. The molecule has 1 atom stereocenters. The molecule has 1 aromatic carbocycles. The van der Waals surface area contributed by atoms with Gasteiger partial charge in [0, 0.05) is 29.3 Å². The maximum Gasteiger partial charge on any atom is 0.191 e. The van der Waals surface area contributed by atoms with Crippen molar-refractivity contribution in [2.45, 2.75) is 26.5 Å². The second-order valence-corrected chi connectivity index (χ2v) is 6.52. The summed E-state index contributed by atoms with van der Waals surface area (Å²) in [6.45, 7) is 6.32. The minimum atomic E-state index is -0.777. The van der Waals surface area contributed by atoms with Crippen LogP contribution in [0.5, 0.6) is 0 Å². The molecule has 26 heavy (non-hydrogen) atoms. The number of aliphatic hydroxyl groups is 1. The van der Waals surface area contributed by atoms with E-state index in [1.165, 1.54) is 0 Å². The second kappa shape index (κ2) is 11.6. The van der Waals surface area contributed by atoms with Crippen LogP contribution in [0.15, 0.2) is 35.6 Å². The van der Waals surface area contributed by atoms with Gasteiger partial charge in [0.15, 0.2) is 5.96 Å². The SMILES string of the molecule is CCNC(=NCC(O)c1cc(Cl)cc(Cl)c1)NCCn1cc(C)cn1.I. The van der Waals surface area contributed by atoms with Crippen LogP contribution < -0.4 is 10.6 Å². The van der Waals surface area contributed by atoms with Crippen LogP contribution in [-0.2, 0) is 6.54 Å². The quantitative estimate of drug-likeness (QED) is 0.302. The van der Waals surface area contributed by atoms with Crippen molar-refractivity contribution in [1.29, 1.82) is 0 Å². The van der Waals surface area contributed by atoms with Gasteiger partial charge in [0.1, 0.15) is 0 Å². The van der Waals surface area contributed by atoms with E-state index in [0.717, 1.165) is 18.7 Å². The van der Waals surface area contributed by atoms with Crippen molar-refractivity contribution in [1.82, 2.24) is 20.4 Å².